The summed E-state index contributed by atoms with van der Waals surface area (Å²) >= 11 is 0. The highest BCUT2D eigenvalue weighted by molar-refractivity contribution is 5.15. The predicted molar refractivity (Wildman–Crippen MR) is 126 cm³/mol. The van der Waals surface area contributed by atoms with Crippen LogP contribution in [-0.2, 0) is 43.5 Å². The highest BCUT2D eigenvalue weighted by atomic mass is 16.7. The van der Waals surface area contributed by atoms with E-state index in [-0.39, 0.29) is 12.2 Å². The molecule has 4 rings (SSSR count). The average Bonchev–Trinajstić information content (AvgIpc) is 3.19. The molecule has 0 spiro atoms. The summed E-state index contributed by atoms with van der Waals surface area (Å²) in [4.78, 5) is 0. The predicted octanol–water partition coefficient (Wildman–Crippen LogP) is 5.26. The first-order chi connectivity index (χ1) is 16.3. The number of hydrogen-bond donors (Lipinski definition) is 0. The van der Waals surface area contributed by atoms with Gasteiger partial charge in [0.15, 0.2) is 0 Å². The molecule has 3 aromatic carbocycles. The Bertz CT molecular complexity index is 948. The number of ether oxygens (including phenoxy) is 5. The molecule has 1 heterocycles. The maximum absolute atomic E-state index is 6.34. The zero-order chi connectivity index (χ0) is 22.7. The smallest absolute Gasteiger partial charge is 0.228 e. The molecule has 1 aliphatic heterocycles. The Morgan fingerprint density at radius 3 is 1.67 bits per heavy atom. The number of benzene rings is 3. The Balaban J connectivity index is 1.45. The van der Waals surface area contributed by atoms with E-state index in [0.717, 1.165) is 16.7 Å². The van der Waals surface area contributed by atoms with Gasteiger partial charge >= 0.3 is 0 Å². The monoisotopic (exact) mass is 446 g/mol. The van der Waals surface area contributed by atoms with Gasteiger partial charge in [-0.05, 0) is 16.7 Å². The van der Waals surface area contributed by atoms with E-state index < -0.39 is 12.4 Å². The third-order valence-electron chi connectivity index (χ3n) is 5.46. The van der Waals surface area contributed by atoms with Crippen LogP contribution in [0.25, 0.3) is 0 Å². The third kappa shape index (κ3) is 6.76. The molecule has 33 heavy (non-hydrogen) atoms. The lowest BCUT2D eigenvalue weighted by Crippen LogP contribution is -2.39. The van der Waals surface area contributed by atoms with Crippen molar-refractivity contribution in [3.05, 3.63) is 121 Å². The molecule has 0 bridgehead atoms. The fourth-order valence-electron chi connectivity index (χ4n) is 3.81. The molecular weight excluding hydrogens is 416 g/mol. The van der Waals surface area contributed by atoms with Gasteiger partial charge < -0.3 is 23.7 Å². The quantitative estimate of drug-likeness (QED) is 0.355. The summed E-state index contributed by atoms with van der Waals surface area (Å²) in [5.74, 6) is 0. The minimum Gasteiger partial charge on any atom is -0.470 e. The SMILES string of the molecule is C=CO[C@H]1O[C@H](COCc2ccccc2)[C@@H](OCc2ccccc2)[C@@H]1OCc1ccccc1. The summed E-state index contributed by atoms with van der Waals surface area (Å²) in [5, 5.41) is 0. The van der Waals surface area contributed by atoms with Crippen LogP contribution in [0.4, 0.5) is 0 Å². The van der Waals surface area contributed by atoms with Gasteiger partial charge in [0.1, 0.15) is 18.3 Å². The van der Waals surface area contributed by atoms with E-state index in [2.05, 4.69) is 6.58 Å². The van der Waals surface area contributed by atoms with E-state index in [4.69, 9.17) is 23.7 Å². The molecule has 0 amide bonds. The van der Waals surface area contributed by atoms with Crippen LogP contribution in [0.3, 0.4) is 0 Å². The molecule has 0 aromatic heterocycles. The molecule has 0 unspecified atom stereocenters. The van der Waals surface area contributed by atoms with E-state index in [1.165, 1.54) is 6.26 Å². The Hall–Kier alpha value is -2.96. The summed E-state index contributed by atoms with van der Waals surface area (Å²) in [6, 6.07) is 30.1. The van der Waals surface area contributed by atoms with Crippen molar-refractivity contribution in [1.82, 2.24) is 0 Å². The normalized spacial score (nSPS) is 22.2. The van der Waals surface area contributed by atoms with Crippen LogP contribution >= 0.6 is 0 Å². The second-order valence-electron chi connectivity index (χ2n) is 7.87. The zero-order valence-electron chi connectivity index (χ0n) is 18.6. The van der Waals surface area contributed by atoms with E-state index in [0.29, 0.717) is 26.4 Å². The minimum absolute atomic E-state index is 0.344. The van der Waals surface area contributed by atoms with Crippen molar-refractivity contribution in [3.8, 4) is 0 Å². The number of hydrogen-bond acceptors (Lipinski definition) is 5. The fourth-order valence-corrected chi connectivity index (χ4v) is 3.81. The first kappa shape index (κ1) is 23.2. The van der Waals surface area contributed by atoms with Crippen molar-refractivity contribution < 1.29 is 23.7 Å². The standard InChI is InChI=1S/C28H30O5/c1-2-30-28-27(32-20-24-16-10-5-11-17-24)26(31-19-23-14-8-4-9-15-23)25(33-28)21-29-18-22-12-6-3-7-13-22/h2-17,25-28H,1,18-21H2/t25-,26-,27+,28+/m1/s1. The van der Waals surface area contributed by atoms with Crippen molar-refractivity contribution in [1.29, 1.82) is 0 Å². The first-order valence-electron chi connectivity index (χ1n) is 11.2. The summed E-state index contributed by atoms with van der Waals surface area (Å²) in [6.45, 7) is 5.41. The fraction of sp³-hybridized carbons (Fsp3) is 0.286. The third-order valence-corrected chi connectivity index (χ3v) is 5.46. The van der Waals surface area contributed by atoms with Gasteiger partial charge in [-0.15, -0.1) is 0 Å². The Morgan fingerprint density at radius 1 is 0.667 bits per heavy atom. The van der Waals surface area contributed by atoms with Gasteiger partial charge in [0.25, 0.3) is 0 Å². The summed E-state index contributed by atoms with van der Waals surface area (Å²) in [5.41, 5.74) is 3.25. The van der Waals surface area contributed by atoms with Crippen LogP contribution in [0.5, 0.6) is 0 Å². The molecule has 0 aliphatic carbocycles. The molecule has 172 valence electrons. The zero-order valence-corrected chi connectivity index (χ0v) is 18.6. The molecule has 0 radical (unpaired) electrons. The van der Waals surface area contributed by atoms with E-state index in [1.54, 1.807) is 0 Å². The largest absolute Gasteiger partial charge is 0.470 e. The van der Waals surface area contributed by atoms with Crippen LogP contribution < -0.4 is 0 Å². The molecule has 0 N–H and O–H groups in total. The molecule has 3 aromatic rings. The lowest BCUT2D eigenvalue weighted by Gasteiger charge is -2.24. The van der Waals surface area contributed by atoms with Crippen LogP contribution in [0.1, 0.15) is 16.7 Å². The first-order valence-corrected chi connectivity index (χ1v) is 11.2. The molecule has 1 saturated heterocycles. The molecule has 5 nitrogen and oxygen atoms in total. The summed E-state index contributed by atoms with van der Waals surface area (Å²) < 4.78 is 30.4. The van der Waals surface area contributed by atoms with Gasteiger partial charge in [0, 0.05) is 0 Å². The second-order valence-corrected chi connectivity index (χ2v) is 7.87. The van der Waals surface area contributed by atoms with Gasteiger partial charge in [-0.2, -0.15) is 0 Å². The van der Waals surface area contributed by atoms with Gasteiger partial charge in [0.2, 0.25) is 6.29 Å². The molecule has 5 heteroatoms. The maximum Gasteiger partial charge on any atom is 0.228 e. The Kier molecular flexibility index (Phi) is 8.67. The summed E-state index contributed by atoms with van der Waals surface area (Å²) in [7, 11) is 0. The number of rotatable bonds is 12. The van der Waals surface area contributed by atoms with Crippen molar-refractivity contribution in [2.45, 2.75) is 44.4 Å². The van der Waals surface area contributed by atoms with E-state index in [9.17, 15) is 0 Å². The molecule has 0 saturated carbocycles. The van der Waals surface area contributed by atoms with Crippen LogP contribution in [-0.4, -0.2) is 31.2 Å². The molecule has 1 aliphatic rings. The van der Waals surface area contributed by atoms with Crippen molar-refractivity contribution in [2.24, 2.45) is 0 Å². The van der Waals surface area contributed by atoms with Crippen LogP contribution in [0, 0.1) is 0 Å². The van der Waals surface area contributed by atoms with Gasteiger partial charge in [-0.1, -0.05) is 97.6 Å². The minimum atomic E-state index is -0.627. The topological polar surface area (TPSA) is 46.2 Å². The molecular formula is C28H30O5. The Labute approximate surface area is 195 Å². The molecule has 4 atom stereocenters. The second kappa shape index (κ2) is 12.3. The Morgan fingerprint density at radius 2 is 1.15 bits per heavy atom. The lowest BCUT2D eigenvalue weighted by atomic mass is 10.1. The lowest BCUT2D eigenvalue weighted by molar-refractivity contribution is -0.157. The van der Waals surface area contributed by atoms with Gasteiger partial charge in [-0.3, -0.25) is 0 Å². The van der Waals surface area contributed by atoms with Crippen LogP contribution in [0.2, 0.25) is 0 Å². The highest BCUT2D eigenvalue weighted by Crippen LogP contribution is 2.30. The van der Waals surface area contributed by atoms with Crippen molar-refractivity contribution in [2.75, 3.05) is 6.61 Å². The van der Waals surface area contributed by atoms with Crippen molar-refractivity contribution >= 4 is 0 Å². The molecule has 1 fully saturated rings. The summed E-state index contributed by atoms with van der Waals surface area (Å²) in [6.07, 6.45) is -0.391. The van der Waals surface area contributed by atoms with Crippen LogP contribution in [0.15, 0.2) is 104 Å². The highest BCUT2D eigenvalue weighted by Gasteiger charge is 2.47. The van der Waals surface area contributed by atoms with Gasteiger partial charge in [0.05, 0.1) is 32.7 Å². The van der Waals surface area contributed by atoms with E-state index in [1.807, 2.05) is 91.0 Å². The maximum atomic E-state index is 6.34. The van der Waals surface area contributed by atoms with E-state index >= 15 is 0 Å². The van der Waals surface area contributed by atoms with Crippen molar-refractivity contribution in [3.63, 3.8) is 0 Å². The average molecular weight is 447 g/mol. The van der Waals surface area contributed by atoms with Gasteiger partial charge in [-0.25, -0.2) is 0 Å².